The van der Waals surface area contributed by atoms with E-state index in [2.05, 4.69) is 10.0 Å². The highest BCUT2D eigenvalue weighted by atomic mass is 32.2. The third-order valence-corrected chi connectivity index (χ3v) is 4.20. The lowest BCUT2D eigenvalue weighted by molar-refractivity contribution is -0.0295. The van der Waals surface area contributed by atoms with Gasteiger partial charge < -0.3 is 9.47 Å². The highest BCUT2D eigenvalue weighted by Crippen LogP contribution is 2.36. The fraction of sp³-hybridized carbons (Fsp3) is 0.571. The van der Waals surface area contributed by atoms with Crippen LogP contribution in [0.15, 0.2) is 40.3 Å². The van der Waals surface area contributed by atoms with Gasteiger partial charge in [0.2, 0.25) is 5.62 Å². The average Bonchev–Trinajstić information content (AvgIpc) is 2.80. The zero-order chi connectivity index (χ0) is 14.4. The molecular weight excluding hydrogens is 274 g/mol. The molecule has 1 aromatic rings. The minimum Gasteiger partial charge on any atom is -0.340 e. The first kappa shape index (κ1) is 15.2. The Morgan fingerprint density at radius 2 is 2.25 bits per heavy atom. The molecule has 0 spiro atoms. The molecule has 1 aliphatic rings. The third kappa shape index (κ3) is 4.15. The van der Waals surface area contributed by atoms with Gasteiger partial charge in [0.15, 0.2) is 0 Å². The fourth-order valence-electron chi connectivity index (χ4n) is 2.16. The summed E-state index contributed by atoms with van der Waals surface area (Å²) in [5.41, 5.74) is 7.87. The van der Waals surface area contributed by atoms with E-state index in [1.165, 1.54) is 0 Å². The van der Waals surface area contributed by atoms with Crippen molar-refractivity contribution in [2.45, 2.75) is 48.8 Å². The summed E-state index contributed by atoms with van der Waals surface area (Å²) < 4.78 is 11.7. The predicted molar refractivity (Wildman–Crippen MR) is 79.4 cm³/mol. The summed E-state index contributed by atoms with van der Waals surface area (Å²) in [5, 5.41) is 3.80. The van der Waals surface area contributed by atoms with Crippen LogP contribution < -0.4 is 0 Å². The molecule has 0 aromatic heterocycles. The van der Waals surface area contributed by atoms with E-state index in [1.807, 2.05) is 44.2 Å². The monoisotopic (exact) mass is 293 g/mol. The molecule has 1 saturated heterocycles. The Kier molecular flexibility index (Phi) is 5.31. The van der Waals surface area contributed by atoms with Crippen LogP contribution in [0.3, 0.4) is 0 Å². The standard InChI is InChI=1S/C14H19N3O2S/c1-3-11(16-17-15)9-14(2)10-18-13(19-14)20-12-7-5-4-6-8-12/h4-8,11,13H,3,9-10H2,1-2H3/t11?,13?,14-/m1/s1. The maximum absolute atomic E-state index is 8.55. The number of hydrogen-bond acceptors (Lipinski definition) is 4. The van der Waals surface area contributed by atoms with E-state index >= 15 is 0 Å². The second-order valence-corrected chi connectivity index (χ2v) is 6.16. The Bertz CT molecular complexity index is 479. The van der Waals surface area contributed by atoms with Crippen LogP contribution >= 0.6 is 11.8 Å². The molecule has 6 heteroatoms. The van der Waals surface area contributed by atoms with Crippen molar-refractivity contribution in [1.82, 2.24) is 0 Å². The second-order valence-electron chi connectivity index (χ2n) is 5.07. The van der Waals surface area contributed by atoms with Crippen LogP contribution in [0.4, 0.5) is 0 Å². The normalized spacial score (nSPS) is 27.0. The van der Waals surface area contributed by atoms with Crippen molar-refractivity contribution in [1.29, 1.82) is 0 Å². The van der Waals surface area contributed by atoms with Gasteiger partial charge in [-0.1, -0.05) is 42.0 Å². The third-order valence-electron chi connectivity index (χ3n) is 3.23. The van der Waals surface area contributed by atoms with Crippen LogP contribution in [-0.4, -0.2) is 23.9 Å². The van der Waals surface area contributed by atoms with E-state index in [-0.39, 0.29) is 17.3 Å². The number of hydrogen-bond donors (Lipinski definition) is 0. The molecule has 0 aliphatic carbocycles. The van der Waals surface area contributed by atoms with E-state index in [0.29, 0.717) is 13.0 Å². The summed E-state index contributed by atoms with van der Waals surface area (Å²) in [7, 11) is 0. The lowest BCUT2D eigenvalue weighted by atomic mass is 9.97. The fourth-order valence-corrected chi connectivity index (χ4v) is 3.11. The van der Waals surface area contributed by atoms with Gasteiger partial charge in [-0.3, -0.25) is 0 Å². The highest BCUT2D eigenvalue weighted by Gasteiger charge is 2.38. The van der Waals surface area contributed by atoms with Gasteiger partial charge in [-0.05, 0) is 37.4 Å². The molecule has 5 nitrogen and oxygen atoms in total. The predicted octanol–water partition coefficient (Wildman–Crippen LogP) is 4.35. The van der Waals surface area contributed by atoms with Crippen LogP contribution in [0.5, 0.6) is 0 Å². The molecule has 20 heavy (non-hydrogen) atoms. The van der Waals surface area contributed by atoms with E-state index in [0.717, 1.165) is 11.3 Å². The van der Waals surface area contributed by atoms with E-state index in [9.17, 15) is 0 Å². The molecule has 0 N–H and O–H groups in total. The Balaban J connectivity index is 1.91. The van der Waals surface area contributed by atoms with Crippen LogP contribution in [-0.2, 0) is 9.47 Å². The van der Waals surface area contributed by atoms with Crippen LogP contribution in [0, 0.1) is 0 Å². The lowest BCUT2D eigenvalue weighted by Crippen LogP contribution is -2.32. The van der Waals surface area contributed by atoms with Crippen molar-refractivity contribution in [3.63, 3.8) is 0 Å². The molecule has 108 valence electrons. The van der Waals surface area contributed by atoms with Gasteiger partial charge in [0.05, 0.1) is 12.2 Å². The minimum atomic E-state index is -0.388. The Labute approximate surface area is 123 Å². The topological polar surface area (TPSA) is 67.2 Å². The molecule has 1 heterocycles. The van der Waals surface area contributed by atoms with E-state index in [4.69, 9.17) is 15.0 Å². The van der Waals surface area contributed by atoms with Gasteiger partial charge in [-0.25, -0.2) is 0 Å². The van der Waals surface area contributed by atoms with Gasteiger partial charge in [-0.15, -0.1) is 0 Å². The smallest absolute Gasteiger partial charge is 0.212 e. The summed E-state index contributed by atoms with van der Waals surface area (Å²) in [6.07, 6.45) is 1.49. The van der Waals surface area contributed by atoms with Crippen molar-refractivity contribution in [3.05, 3.63) is 40.8 Å². The maximum atomic E-state index is 8.55. The SMILES string of the molecule is CCC(C[C@]1(C)COC(Sc2ccccc2)O1)N=[N+]=[N-]. The molecule has 1 fully saturated rings. The zero-order valence-corrected chi connectivity index (χ0v) is 12.5. The molecule has 0 bridgehead atoms. The van der Waals surface area contributed by atoms with Crippen LogP contribution in [0.2, 0.25) is 0 Å². The summed E-state index contributed by atoms with van der Waals surface area (Å²) in [4.78, 5) is 4.00. The molecule has 0 radical (unpaired) electrons. The molecule has 2 unspecified atom stereocenters. The molecular formula is C14H19N3O2S. The maximum Gasteiger partial charge on any atom is 0.212 e. The lowest BCUT2D eigenvalue weighted by Gasteiger charge is -2.24. The average molecular weight is 293 g/mol. The number of benzene rings is 1. The van der Waals surface area contributed by atoms with Gasteiger partial charge in [0.1, 0.15) is 0 Å². The van der Waals surface area contributed by atoms with E-state index in [1.54, 1.807) is 11.8 Å². The van der Waals surface area contributed by atoms with Crippen LogP contribution in [0.1, 0.15) is 26.7 Å². The second kappa shape index (κ2) is 6.99. The van der Waals surface area contributed by atoms with Gasteiger partial charge in [-0.2, -0.15) is 0 Å². The van der Waals surface area contributed by atoms with Crippen molar-refractivity contribution >= 4 is 11.8 Å². The zero-order valence-electron chi connectivity index (χ0n) is 11.7. The summed E-state index contributed by atoms with van der Waals surface area (Å²) in [6.45, 7) is 4.54. The highest BCUT2D eigenvalue weighted by molar-refractivity contribution is 7.99. The Hall–Kier alpha value is -1.20. The first-order valence-corrected chi connectivity index (χ1v) is 7.58. The number of rotatable bonds is 6. The quantitative estimate of drug-likeness (QED) is 0.445. The van der Waals surface area contributed by atoms with Crippen molar-refractivity contribution in [2.75, 3.05) is 6.61 Å². The molecule has 3 atom stereocenters. The van der Waals surface area contributed by atoms with Crippen LogP contribution in [0.25, 0.3) is 10.4 Å². The number of azide groups is 1. The van der Waals surface area contributed by atoms with Gasteiger partial charge in [0, 0.05) is 15.8 Å². The van der Waals surface area contributed by atoms with E-state index < -0.39 is 0 Å². The Morgan fingerprint density at radius 3 is 2.90 bits per heavy atom. The molecule has 1 aliphatic heterocycles. The van der Waals surface area contributed by atoms with Crippen molar-refractivity contribution in [2.24, 2.45) is 5.11 Å². The summed E-state index contributed by atoms with van der Waals surface area (Å²) in [6, 6.07) is 9.98. The molecule has 0 amide bonds. The van der Waals surface area contributed by atoms with Crippen molar-refractivity contribution in [3.8, 4) is 0 Å². The molecule has 1 aromatic carbocycles. The first-order chi connectivity index (χ1) is 9.65. The number of thioether (sulfide) groups is 1. The summed E-state index contributed by atoms with van der Waals surface area (Å²) in [5.74, 6) is 0. The number of ether oxygens (including phenoxy) is 2. The molecule has 0 saturated carbocycles. The summed E-state index contributed by atoms with van der Waals surface area (Å²) >= 11 is 1.55. The van der Waals surface area contributed by atoms with Gasteiger partial charge >= 0.3 is 0 Å². The van der Waals surface area contributed by atoms with Gasteiger partial charge in [0.25, 0.3) is 0 Å². The Morgan fingerprint density at radius 1 is 1.50 bits per heavy atom. The minimum absolute atomic E-state index is 0.0472. The first-order valence-electron chi connectivity index (χ1n) is 6.70. The van der Waals surface area contributed by atoms with Crippen molar-refractivity contribution < 1.29 is 9.47 Å². The number of nitrogens with zero attached hydrogens (tertiary/aromatic N) is 3. The largest absolute Gasteiger partial charge is 0.340 e. The molecule has 2 rings (SSSR count).